The SMILES string of the molecule is CC(=O)OC[C@]12CCCC(C)(C)[C@@H]1CC[C@]1(C)[C@@H]2C[C@@H](O)[C@]2(C)[C@H]3C(=O)O[C@H](C)[C@@H]3[C@@H](O)C[C@@H]12. The molecule has 0 aromatic heterocycles. The second-order valence-electron chi connectivity index (χ2n) is 13.7. The molecule has 0 aromatic carbocycles. The average molecular weight is 477 g/mol. The Hall–Kier alpha value is -1.14. The molecule has 5 fully saturated rings. The van der Waals surface area contributed by atoms with Crippen LogP contribution in [0.1, 0.15) is 86.5 Å². The van der Waals surface area contributed by atoms with Crippen LogP contribution in [0.4, 0.5) is 0 Å². The van der Waals surface area contributed by atoms with Crippen LogP contribution in [-0.2, 0) is 19.1 Å². The number of carbonyl (C=O) groups excluding carboxylic acids is 2. The minimum atomic E-state index is -0.661. The molecule has 1 aliphatic heterocycles. The Morgan fingerprint density at radius 1 is 1.06 bits per heavy atom. The van der Waals surface area contributed by atoms with Crippen molar-refractivity contribution in [2.24, 2.45) is 51.2 Å². The third kappa shape index (κ3) is 3.06. The smallest absolute Gasteiger partial charge is 0.310 e. The van der Waals surface area contributed by atoms with E-state index in [1.807, 2.05) is 6.92 Å². The first-order chi connectivity index (χ1) is 15.8. The Labute approximate surface area is 204 Å². The largest absolute Gasteiger partial charge is 0.465 e. The molecule has 4 saturated carbocycles. The van der Waals surface area contributed by atoms with Crippen molar-refractivity contribution in [1.29, 1.82) is 0 Å². The first-order valence-electron chi connectivity index (χ1n) is 13.5. The van der Waals surface area contributed by atoms with Gasteiger partial charge < -0.3 is 19.7 Å². The Bertz CT molecular complexity index is 869. The van der Waals surface area contributed by atoms with Crippen LogP contribution in [-0.4, -0.2) is 47.1 Å². The lowest BCUT2D eigenvalue weighted by atomic mass is 9.33. The Balaban J connectivity index is 1.61. The van der Waals surface area contributed by atoms with Crippen molar-refractivity contribution in [2.45, 2.75) is 105 Å². The zero-order valence-electron chi connectivity index (χ0n) is 21.8. The fourth-order valence-electron chi connectivity index (χ4n) is 10.5. The van der Waals surface area contributed by atoms with Crippen LogP contribution in [0.15, 0.2) is 0 Å². The maximum Gasteiger partial charge on any atom is 0.310 e. The summed E-state index contributed by atoms with van der Waals surface area (Å²) in [6, 6.07) is 0. The van der Waals surface area contributed by atoms with Gasteiger partial charge in [0.05, 0.1) is 24.7 Å². The van der Waals surface area contributed by atoms with Gasteiger partial charge in [-0.25, -0.2) is 0 Å². The number of rotatable bonds is 2. The predicted octanol–water partition coefficient (Wildman–Crippen LogP) is 4.11. The number of aliphatic hydroxyl groups is 2. The van der Waals surface area contributed by atoms with Crippen molar-refractivity contribution in [3.8, 4) is 0 Å². The monoisotopic (exact) mass is 476 g/mol. The quantitative estimate of drug-likeness (QED) is 0.583. The Morgan fingerprint density at radius 3 is 2.44 bits per heavy atom. The number of aliphatic hydroxyl groups excluding tert-OH is 2. The van der Waals surface area contributed by atoms with E-state index >= 15 is 0 Å². The van der Waals surface area contributed by atoms with Crippen molar-refractivity contribution >= 4 is 11.9 Å². The van der Waals surface area contributed by atoms with Crippen molar-refractivity contribution in [1.82, 2.24) is 0 Å². The van der Waals surface area contributed by atoms with Gasteiger partial charge in [0.2, 0.25) is 0 Å². The summed E-state index contributed by atoms with van der Waals surface area (Å²) in [5, 5.41) is 23.2. The van der Waals surface area contributed by atoms with Gasteiger partial charge in [-0.1, -0.05) is 34.1 Å². The number of esters is 2. The number of hydrogen-bond donors (Lipinski definition) is 2. The summed E-state index contributed by atoms with van der Waals surface area (Å²) in [5.41, 5.74) is -0.825. The van der Waals surface area contributed by atoms with E-state index in [1.54, 1.807) is 0 Å². The third-order valence-electron chi connectivity index (χ3n) is 11.9. The van der Waals surface area contributed by atoms with Crippen molar-refractivity contribution in [3.63, 3.8) is 0 Å². The van der Waals surface area contributed by atoms with Crippen LogP contribution in [0.5, 0.6) is 0 Å². The normalized spacial score (nSPS) is 53.6. The van der Waals surface area contributed by atoms with Gasteiger partial charge in [-0.15, -0.1) is 0 Å². The molecule has 5 aliphatic rings. The zero-order valence-corrected chi connectivity index (χ0v) is 21.8. The molecule has 11 atom stereocenters. The molecule has 2 N–H and O–H groups in total. The molecule has 6 heteroatoms. The van der Waals surface area contributed by atoms with Gasteiger partial charge in [0.25, 0.3) is 0 Å². The van der Waals surface area contributed by atoms with Gasteiger partial charge in [-0.3, -0.25) is 9.59 Å². The molecule has 34 heavy (non-hydrogen) atoms. The predicted molar refractivity (Wildman–Crippen MR) is 126 cm³/mol. The highest BCUT2D eigenvalue weighted by atomic mass is 16.6. The lowest BCUT2D eigenvalue weighted by Crippen LogP contribution is -2.70. The van der Waals surface area contributed by atoms with Crippen molar-refractivity contribution in [2.75, 3.05) is 6.61 Å². The van der Waals surface area contributed by atoms with E-state index in [9.17, 15) is 19.8 Å². The molecular weight excluding hydrogens is 432 g/mol. The Morgan fingerprint density at radius 2 is 1.76 bits per heavy atom. The van der Waals surface area contributed by atoms with E-state index in [-0.39, 0.29) is 52.0 Å². The minimum absolute atomic E-state index is 0.00282. The standard InChI is InChI=1S/C28H44O6/c1-15-22-17(30)12-19-26(5)11-8-18-25(3,4)9-7-10-28(18,14-33-16(2)29)20(26)13-21(31)27(19,6)23(22)24(32)34-15/h15,17-23,30-31H,7-14H2,1-6H3/t15-,17+,18+,19+,20+,21-,22-,23-,26+,27-,28-/m1/s1. The molecule has 0 spiro atoms. The van der Waals surface area contributed by atoms with Crippen LogP contribution in [0.3, 0.4) is 0 Å². The van der Waals surface area contributed by atoms with Crippen LogP contribution in [0.2, 0.25) is 0 Å². The van der Waals surface area contributed by atoms with Gasteiger partial charge in [-0.2, -0.15) is 0 Å². The van der Waals surface area contributed by atoms with E-state index in [1.165, 1.54) is 13.3 Å². The van der Waals surface area contributed by atoms with Crippen molar-refractivity contribution in [3.05, 3.63) is 0 Å². The fraction of sp³-hybridized carbons (Fsp3) is 0.929. The number of fused-ring (bicyclic) bond motifs is 7. The summed E-state index contributed by atoms with van der Waals surface area (Å²) < 4.78 is 11.4. The summed E-state index contributed by atoms with van der Waals surface area (Å²) in [6.45, 7) is 12.9. The van der Waals surface area contributed by atoms with Gasteiger partial charge in [0.15, 0.2) is 0 Å². The van der Waals surface area contributed by atoms with Crippen LogP contribution in [0, 0.1) is 51.2 Å². The molecule has 1 saturated heterocycles. The second kappa shape index (κ2) is 7.68. The summed E-state index contributed by atoms with van der Waals surface area (Å²) in [7, 11) is 0. The molecule has 0 unspecified atom stereocenters. The maximum absolute atomic E-state index is 13.1. The topological polar surface area (TPSA) is 93.1 Å². The maximum atomic E-state index is 13.1. The summed E-state index contributed by atoms with van der Waals surface area (Å²) in [4.78, 5) is 25.1. The minimum Gasteiger partial charge on any atom is -0.465 e. The molecule has 0 amide bonds. The third-order valence-corrected chi connectivity index (χ3v) is 11.9. The number of ether oxygens (including phenoxy) is 2. The molecule has 4 aliphatic carbocycles. The van der Waals surface area contributed by atoms with Crippen LogP contribution < -0.4 is 0 Å². The average Bonchev–Trinajstić information content (AvgIpc) is 3.05. The molecule has 0 bridgehead atoms. The molecule has 0 aromatic rings. The molecule has 192 valence electrons. The van der Waals surface area contributed by atoms with Gasteiger partial charge >= 0.3 is 11.9 Å². The van der Waals surface area contributed by atoms with E-state index in [0.717, 1.165) is 25.7 Å². The highest BCUT2D eigenvalue weighted by Gasteiger charge is 2.73. The molecule has 0 radical (unpaired) electrons. The van der Waals surface area contributed by atoms with E-state index in [0.29, 0.717) is 25.4 Å². The molecule has 5 rings (SSSR count). The fourth-order valence-corrected chi connectivity index (χ4v) is 10.5. The molecule has 1 heterocycles. The zero-order chi connectivity index (χ0) is 24.8. The van der Waals surface area contributed by atoms with Gasteiger partial charge in [-0.05, 0) is 74.0 Å². The highest BCUT2D eigenvalue weighted by Crippen LogP contribution is 2.74. The number of carbonyl (C=O) groups is 2. The van der Waals surface area contributed by atoms with E-state index < -0.39 is 23.5 Å². The number of hydrogen-bond acceptors (Lipinski definition) is 6. The molecule has 6 nitrogen and oxygen atoms in total. The van der Waals surface area contributed by atoms with E-state index in [4.69, 9.17) is 9.47 Å². The first kappa shape index (κ1) is 24.5. The second-order valence-corrected chi connectivity index (χ2v) is 13.7. The van der Waals surface area contributed by atoms with Gasteiger partial charge in [0, 0.05) is 23.7 Å². The van der Waals surface area contributed by atoms with Gasteiger partial charge in [0.1, 0.15) is 6.10 Å². The Kier molecular flexibility index (Phi) is 5.54. The summed E-state index contributed by atoms with van der Waals surface area (Å²) in [6.07, 6.45) is 4.91. The van der Waals surface area contributed by atoms with Crippen LogP contribution >= 0.6 is 0 Å². The van der Waals surface area contributed by atoms with Crippen LogP contribution in [0.25, 0.3) is 0 Å². The highest BCUT2D eigenvalue weighted by molar-refractivity contribution is 5.77. The van der Waals surface area contributed by atoms with Crippen molar-refractivity contribution < 1.29 is 29.3 Å². The first-order valence-corrected chi connectivity index (χ1v) is 13.5. The summed E-state index contributed by atoms with van der Waals surface area (Å²) in [5.74, 6) is -0.652. The lowest BCUT2D eigenvalue weighted by molar-refractivity contribution is -0.268. The summed E-state index contributed by atoms with van der Waals surface area (Å²) >= 11 is 0. The molecular formula is C28H44O6. The van der Waals surface area contributed by atoms with E-state index in [2.05, 4.69) is 27.7 Å². The lowest BCUT2D eigenvalue weighted by Gasteiger charge is -2.71. The number of cyclic esters (lactones) is 1.